The molecule has 0 spiro atoms. The van der Waals surface area contributed by atoms with Gasteiger partial charge in [0.2, 0.25) is 0 Å². The fourth-order valence-electron chi connectivity index (χ4n) is 3.76. The Morgan fingerprint density at radius 1 is 1.00 bits per heavy atom. The van der Waals surface area contributed by atoms with Crippen LogP contribution in [0, 0.1) is 0 Å². The van der Waals surface area contributed by atoms with E-state index in [2.05, 4.69) is 24.1 Å². The lowest BCUT2D eigenvalue weighted by Gasteiger charge is -2.23. The van der Waals surface area contributed by atoms with Crippen LogP contribution in [0.5, 0.6) is 11.5 Å². The second-order valence-electron chi connectivity index (χ2n) is 8.23. The zero-order valence-electron chi connectivity index (χ0n) is 18.8. The molecule has 2 N–H and O–H groups in total. The molecular formula is C27H24Cl2N2O3. The Bertz CT molecular complexity index is 1320. The fourth-order valence-corrected chi connectivity index (χ4v) is 4.27. The van der Waals surface area contributed by atoms with Crippen LogP contribution >= 0.6 is 23.2 Å². The maximum Gasteiger partial charge on any atom is 0.258 e. The zero-order chi connectivity index (χ0) is 24.2. The number of rotatable bonds is 7. The molecule has 1 atom stereocenters. The number of nitrogens with zero attached hydrogens (tertiary/aromatic N) is 1. The number of hydrogen-bond acceptors (Lipinski definition) is 4. The first-order chi connectivity index (χ1) is 16.3. The number of amides is 1. The van der Waals surface area contributed by atoms with Crippen molar-refractivity contribution in [1.29, 1.82) is 0 Å². The van der Waals surface area contributed by atoms with Crippen LogP contribution in [0.2, 0.25) is 10.0 Å². The van der Waals surface area contributed by atoms with Crippen molar-refractivity contribution in [2.24, 2.45) is 0 Å². The summed E-state index contributed by atoms with van der Waals surface area (Å²) in [6, 6.07) is 19.1. The number of hydrogen-bond donors (Lipinski definition) is 2. The molecule has 1 unspecified atom stereocenters. The maximum absolute atomic E-state index is 12.9. The van der Waals surface area contributed by atoms with Crippen molar-refractivity contribution in [3.05, 3.63) is 99.7 Å². The molecule has 4 aromatic rings. The quantitative estimate of drug-likeness (QED) is 0.301. The minimum Gasteiger partial charge on any atom is -0.505 e. The third kappa shape index (κ3) is 5.11. The first-order valence-corrected chi connectivity index (χ1v) is 11.6. The van der Waals surface area contributed by atoms with Crippen LogP contribution in [0.1, 0.15) is 42.5 Å². The summed E-state index contributed by atoms with van der Waals surface area (Å²) >= 11 is 13.0. The van der Waals surface area contributed by atoms with Gasteiger partial charge in [0.25, 0.3) is 5.91 Å². The maximum atomic E-state index is 12.9. The lowest BCUT2D eigenvalue weighted by molar-refractivity contribution is -0.123. The van der Waals surface area contributed by atoms with Crippen LogP contribution in [0.3, 0.4) is 0 Å². The second kappa shape index (κ2) is 10.3. The van der Waals surface area contributed by atoms with Gasteiger partial charge in [-0.15, -0.1) is 0 Å². The first-order valence-electron chi connectivity index (χ1n) is 10.9. The molecule has 0 radical (unpaired) electrons. The van der Waals surface area contributed by atoms with E-state index in [1.54, 1.807) is 42.6 Å². The third-order valence-corrected chi connectivity index (χ3v) is 6.25. The van der Waals surface area contributed by atoms with Gasteiger partial charge in [-0.05, 0) is 53.4 Å². The summed E-state index contributed by atoms with van der Waals surface area (Å²) in [6.45, 7) is 4.02. The highest BCUT2D eigenvalue weighted by Gasteiger charge is 2.25. The Kier molecular flexibility index (Phi) is 7.25. The normalized spacial score (nSPS) is 12.0. The highest BCUT2D eigenvalue weighted by Crippen LogP contribution is 2.39. The monoisotopic (exact) mass is 494 g/mol. The van der Waals surface area contributed by atoms with Crippen LogP contribution < -0.4 is 10.1 Å². The molecule has 0 saturated carbocycles. The molecule has 0 aliphatic rings. The summed E-state index contributed by atoms with van der Waals surface area (Å²) < 4.78 is 5.68. The molecule has 0 bridgehead atoms. The number of nitrogens with one attached hydrogen (secondary N) is 1. The van der Waals surface area contributed by atoms with E-state index in [9.17, 15) is 9.90 Å². The number of halogens is 2. The Morgan fingerprint density at radius 3 is 2.44 bits per heavy atom. The van der Waals surface area contributed by atoms with Crippen molar-refractivity contribution in [3.8, 4) is 11.5 Å². The van der Waals surface area contributed by atoms with Gasteiger partial charge in [-0.3, -0.25) is 9.78 Å². The molecular weight excluding hydrogens is 471 g/mol. The van der Waals surface area contributed by atoms with Crippen LogP contribution in [-0.4, -0.2) is 22.6 Å². The van der Waals surface area contributed by atoms with Crippen molar-refractivity contribution in [3.63, 3.8) is 0 Å². The second-order valence-corrected chi connectivity index (χ2v) is 9.04. The largest absolute Gasteiger partial charge is 0.505 e. The Hall–Kier alpha value is -3.28. The van der Waals surface area contributed by atoms with Gasteiger partial charge in [-0.2, -0.15) is 0 Å². The molecule has 1 amide bonds. The minimum atomic E-state index is -0.767. The Morgan fingerprint density at radius 2 is 1.74 bits per heavy atom. The number of phenols is 1. The number of phenolic OH excluding ortho intramolecular Hbond substituents is 1. The van der Waals surface area contributed by atoms with E-state index in [4.69, 9.17) is 27.9 Å². The van der Waals surface area contributed by atoms with Crippen molar-refractivity contribution in [2.45, 2.75) is 25.8 Å². The molecule has 7 heteroatoms. The van der Waals surface area contributed by atoms with Gasteiger partial charge in [0.15, 0.2) is 6.61 Å². The van der Waals surface area contributed by atoms with E-state index < -0.39 is 6.04 Å². The molecule has 0 aliphatic heterocycles. The third-order valence-electron chi connectivity index (χ3n) is 5.59. The predicted molar refractivity (Wildman–Crippen MR) is 136 cm³/mol. The molecule has 5 nitrogen and oxygen atoms in total. The number of pyridine rings is 1. The molecule has 34 heavy (non-hydrogen) atoms. The summed E-state index contributed by atoms with van der Waals surface area (Å²) in [7, 11) is 0. The van der Waals surface area contributed by atoms with Crippen LogP contribution in [0.15, 0.2) is 72.9 Å². The molecule has 174 valence electrons. The van der Waals surface area contributed by atoms with E-state index in [1.807, 2.05) is 30.3 Å². The van der Waals surface area contributed by atoms with Crippen LogP contribution in [-0.2, 0) is 4.79 Å². The first kappa shape index (κ1) is 23.9. The van der Waals surface area contributed by atoms with Gasteiger partial charge < -0.3 is 15.2 Å². The van der Waals surface area contributed by atoms with Crippen molar-refractivity contribution >= 4 is 40.0 Å². The van der Waals surface area contributed by atoms with Gasteiger partial charge >= 0.3 is 0 Å². The summed E-state index contributed by atoms with van der Waals surface area (Å²) in [5.41, 5.74) is 2.53. The van der Waals surface area contributed by atoms with E-state index in [0.717, 1.165) is 0 Å². The SMILES string of the molecule is CC(C)c1ccc(OCC(=O)NC(c2ccccc2Cl)c2cc(Cl)c3cccnc3c2O)cc1. The smallest absolute Gasteiger partial charge is 0.258 e. The fraction of sp³-hybridized carbons (Fsp3) is 0.185. The van der Waals surface area contributed by atoms with Crippen molar-refractivity contribution < 1.29 is 14.6 Å². The van der Waals surface area contributed by atoms with E-state index in [0.29, 0.717) is 43.7 Å². The molecule has 1 aromatic heterocycles. The number of benzene rings is 3. The van der Waals surface area contributed by atoms with Crippen molar-refractivity contribution in [1.82, 2.24) is 10.3 Å². The van der Waals surface area contributed by atoms with Crippen LogP contribution in [0.25, 0.3) is 10.9 Å². The lowest BCUT2D eigenvalue weighted by Crippen LogP contribution is -2.33. The number of aromatic hydroxyl groups is 1. The Balaban J connectivity index is 1.63. The van der Waals surface area contributed by atoms with Gasteiger partial charge in [0.05, 0.1) is 11.1 Å². The average Bonchev–Trinajstić information content (AvgIpc) is 2.84. The molecule has 4 rings (SSSR count). The van der Waals surface area contributed by atoms with Gasteiger partial charge in [-0.25, -0.2) is 0 Å². The zero-order valence-corrected chi connectivity index (χ0v) is 20.3. The van der Waals surface area contributed by atoms with Crippen molar-refractivity contribution in [2.75, 3.05) is 6.61 Å². The van der Waals surface area contributed by atoms with E-state index in [-0.39, 0.29) is 18.3 Å². The molecule has 3 aromatic carbocycles. The standard InChI is InChI=1S/C27H24Cl2N2O3/c1-16(2)17-9-11-18(12-10-17)34-15-24(32)31-25(19-6-3-4-8-22(19)28)21-14-23(29)20-7-5-13-30-26(20)27(21)33/h3-14,16,25,33H,15H2,1-2H3,(H,31,32). The average molecular weight is 495 g/mol. The number of aromatic nitrogens is 1. The highest BCUT2D eigenvalue weighted by molar-refractivity contribution is 6.35. The number of fused-ring (bicyclic) bond motifs is 1. The number of carbonyl (C=O) groups is 1. The highest BCUT2D eigenvalue weighted by atomic mass is 35.5. The van der Waals surface area contributed by atoms with Gasteiger partial charge in [0.1, 0.15) is 17.0 Å². The molecule has 1 heterocycles. The molecule has 0 aliphatic carbocycles. The lowest BCUT2D eigenvalue weighted by atomic mass is 9.96. The topological polar surface area (TPSA) is 71.5 Å². The molecule has 0 fully saturated rings. The van der Waals surface area contributed by atoms with Gasteiger partial charge in [-0.1, -0.05) is 67.4 Å². The summed E-state index contributed by atoms with van der Waals surface area (Å²) in [5.74, 6) is 0.546. The predicted octanol–water partition coefficient (Wildman–Crippen LogP) is 6.66. The minimum absolute atomic E-state index is 0.0737. The van der Waals surface area contributed by atoms with Gasteiger partial charge in [0, 0.05) is 22.2 Å². The van der Waals surface area contributed by atoms with Crippen LogP contribution in [0.4, 0.5) is 0 Å². The number of ether oxygens (including phenoxy) is 1. The Labute approximate surface area is 208 Å². The van der Waals surface area contributed by atoms with E-state index >= 15 is 0 Å². The summed E-state index contributed by atoms with van der Waals surface area (Å²) in [4.78, 5) is 17.2. The number of carbonyl (C=O) groups excluding carboxylic acids is 1. The van der Waals surface area contributed by atoms with E-state index in [1.165, 1.54) is 5.56 Å². The molecule has 0 saturated heterocycles. The summed E-state index contributed by atoms with van der Waals surface area (Å²) in [6.07, 6.45) is 1.57. The summed E-state index contributed by atoms with van der Waals surface area (Å²) in [5, 5.41) is 15.4.